The van der Waals surface area contributed by atoms with E-state index in [1.807, 2.05) is 52.0 Å². The van der Waals surface area contributed by atoms with E-state index in [0.29, 0.717) is 5.56 Å². The lowest BCUT2D eigenvalue weighted by molar-refractivity contribution is -0.155. The second kappa shape index (κ2) is 6.19. The van der Waals surface area contributed by atoms with Crippen molar-refractivity contribution in [3.8, 4) is 6.07 Å². The van der Waals surface area contributed by atoms with Gasteiger partial charge in [-0.2, -0.15) is 5.26 Å². The highest BCUT2D eigenvalue weighted by Crippen LogP contribution is 2.17. The molecule has 0 unspecified atom stereocenters. The third-order valence-electron chi connectivity index (χ3n) is 2.50. The van der Waals surface area contributed by atoms with Crippen molar-refractivity contribution in [2.75, 3.05) is 0 Å². The van der Waals surface area contributed by atoms with Crippen molar-refractivity contribution < 1.29 is 9.53 Å². The fourth-order valence-electron chi connectivity index (χ4n) is 1.30. The van der Waals surface area contributed by atoms with Crippen LogP contribution < -0.4 is 0 Å². The summed E-state index contributed by atoms with van der Waals surface area (Å²) in [6, 6.07) is 9.29. The number of hydrogen-bond acceptors (Lipinski definition) is 3. The molecule has 0 N–H and O–H groups in total. The minimum atomic E-state index is -0.490. The molecule has 0 radical (unpaired) electrons. The Kier molecular flexibility index (Phi) is 4.88. The van der Waals surface area contributed by atoms with Crippen LogP contribution in [0.5, 0.6) is 0 Å². The molecule has 0 saturated carbocycles. The zero-order valence-electron chi connectivity index (χ0n) is 11.8. The molecule has 19 heavy (non-hydrogen) atoms. The molecule has 0 bridgehead atoms. The second-order valence-electron chi connectivity index (χ2n) is 5.45. The van der Waals surface area contributed by atoms with Crippen molar-refractivity contribution >= 4 is 12.0 Å². The predicted octanol–water partition coefficient (Wildman–Crippen LogP) is 3.55. The zero-order chi connectivity index (χ0) is 14.5. The fraction of sp³-hybridized carbons (Fsp3) is 0.375. The second-order valence-corrected chi connectivity index (χ2v) is 5.45. The van der Waals surface area contributed by atoms with Gasteiger partial charge in [-0.15, -0.1) is 0 Å². The van der Waals surface area contributed by atoms with Gasteiger partial charge in [0.2, 0.25) is 0 Å². The minimum Gasteiger partial charge on any atom is -0.458 e. The van der Waals surface area contributed by atoms with Crippen LogP contribution in [0.1, 0.15) is 38.8 Å². The Labute approximate surface area is 114 Å². The molecule has 0 aromatic heterocycles. The Morgan fingerprint density at radius 1 is 1.32 bits per heavy atom. The first-order valence-electron chi connectivity index (χ1n) is 6.22. The Morgan fingerprint density at radius 2 is 1.89 bits per heavy atom. The molecule has 0 aliphatic carbocycles. The van der Waals surface area contributed by atoms with E-state index >= 15 is 0 Å². The summed E-state index contributed by atoms with van der Waals surface area (Å²) in [6.45, 7) is 7.30. The van der Waals surface area contributed by atoms with E-state index in [2.05, 4.69) is 6.07 Å². The van der Waals surface area contributed by atoms with Crippen molar-refractivity contribution in [2.45, 2.75) is 33.8 Å². The molecule has 0 spiro atoms. The average molecular weight is 257 g/mol. The molecular formula is C16H19NO2. The smallest absolute Gasteiger partial charge is 0.311 e. The van der Waals surface area contributed by atoms with E-state index in [1.54, 1.807) is 12.1 Å². The molecule has 1 aromatic rings. The number of nitriles is 1. The van der Waals surface area contributed by atoms with E-state index in [9.17, 15) is 4.79 Å². The van der Waals surface area contributed by atoms with E-state index in [1.165, 1.54) is 0 Å². The standard InChI is InChI=1S/C16H19NO2/c1-12(19-15(18)16(2,3)4)5-6-13-7-9-14(11-17)10-8-13/h5-10,12H,1-4H3/b6-5+/t12-/m0/s1. The molecular weight excluding hydrogens is 238 g/mol. The lowest BCUT2D eigenvalue weighted by atomic mass is 9.97. The molecule has 0 heterocycles. The lowest BCUT2D eigenvalue weighted by Crippen LogP contribution is -2.26. The van der Waals surface area contributed by atoms with Gasteiger partial charge in [0.25, 0.3) is 0 Å². The van der Waals surface area contributed by atoms with Crippen LogP contribution in [0.25, 0.3) is 6.08 Å². The van der Waals surface area contributed by atoms with Gasteiger partial charge >= 0.3 is 5.97 Å². The van der Waals surface area contributed by atoms with Gasteiger partial charge in [-0.3, -0.25) is 4.79 Å². The van der Waals surface area contributed by atoms with Gasteiger partial charge in [-0.1, -0.05) is 18.2 Å². The number of hydrogen-bond donors (Lipinski definition) is 0. The Balaban J connectivity index is 2.61. The summed E-state index contributed by atoms with van der Waals surface area (Å²) in [7, 11) is 0. The highest BCUT2D eigenvalue weighted by Gasteiger charge is 2.24. The number of nitrogens with zero attached hydrogens (tertiary/aromatic N) is 1. The summed E-state index contributed by atoms with van der Waals surface area (Å²) in [6.07, 6.45) is 3.43. The fourth-order valence-corrected chi connectivity index (χ4v) is 1.30. The maximum atomic E-state index is 11.7. The van der Waals surface area contributed by atoms with E-state index < -0.39 is 5.41 Å². The van der Waals surface area contributed by atoms with E-state index in [4.69, 9.17) is 10.00 Å². The van der Waals surface area contributed by atoms with Crippen molar-refractivity contribution in [3.63, 3.8) is 0 Å². The van der Waals surface area contributed by atoms with Gasteiger partial charge < -0.3 is 4.74 Å². The van der Waals surface area contributed by atoms with Gasteiger partial charge in [-0.05, 0) is 51.5 Å². The summed E-state index contributed by atoms with van der Waals surface area (Å²) in [5.74, 6) is -0.218. The lowest BCUT2D eigenvalue weighted by Gasteiger charge is -2.19. The minimum absolute atomic E-state index is 0.218. The quantitative estimate of drug-likeness (QED) is 0.778. The number of rotatable bonds is 3. The van der Waals surface area contributed by atoms with Crippen LogP contribution in [0.3, 0.4) is 0 Å². The van der Waals surface area contributed by atoms with Gasteiger partial charge in [0.15, 0.2) is 0 Å². The SMILES string of the molecule is C[C@@H](/C=C/c1ccc(C#N)cc1)OC(=O)C(C)(C)C. The topological polar surface area (TPSA) is 50.1 Å². The molecule has 100 valence electrons. The molecule has 1 aromatic carbocycles. The predicted molar refractivity (Wildman–Crippen MR) is 75.2 cm³/mol. The number of ether oxygens (including phenoxy) is 1. The Hall–Kier alpha value is -2.08. The molecule has 1 rings (SSSR count). The van der Waals surface area contributed by atoms with Gasteiger partial charge in [-0.25, -0.2) is 0 Å². The summed E-state index contributed by atoms with van der Waals surface area (Å²) >= 11 is 0. The maximum absolute atomic E-state index is 11.7. The van der Waals surface area contributed by atoms with Gasteiger partial charge in [0, 0.05) is 0 Å². The molecule has 0 fully saturated rings. The van der Waals surface area contributed by atoms with Crippen LogP contribution in [0.4, 0.5) is 0 Å². The number of carbonyl (C=O) groups excluding carboxylic acids is 1. The first-order chi connectivity index (χ1) is 8.82. The molecule has 3 nitrogen and oxygen atoms in total. The summed E-state index contributed by atoms with van der Waals surface area (Å²) < 4.78 is 5.30. The Morgan fingerprint density at radius 3 is 2.37 bits per heavy atom. The van der Waals surface area contributed by atoms with Crippen LogP contribution in [0, 0.1) is 16.7 Å². The monoisotopic (exact) mass is 257 g/mol. The molecule has 1 atom stereocenters. The maximum Gasteiger partial charge on any atom is 0.311 e. The number of esters is 1. The summed E-state index contributed by atoms with van der Waals surface area (Å²) in [5, 5.41) is 8.70. The van der Waals surface area contributed by atoms with Crippen LogP contribution >= 0.6 is 0 Å². The highest BCUT2D eigenvalue weighted by molar-refractivity contribution is 5.75. The average Bonchev–Trinajstić information content (AvgIpc) is 2.35. The molecule has 0 saturated heterocycles. The van der Waals surface area contributed by atoms with Crippen LogP contribution in [0.2, 0.25) is 0 Å². The van der Waals surface area contributed by atoms with Crippen molar-refractivity contribution in [1.82, 2.24) is 0 Å². The highest BCUT2D eigenvalue weighted by atomic mass is 16.5. The normalized spacial score (nSPS) is 13.0. The number of benzene rings is 1. The van der Waals surface area contributed by atoms with E-state index in [-0.39, 0.29) is 12.1 Å². The molecule has 3 heteroatoms. The third kappa shape index (κ3) is 4.97. The first kappa shape index (κ1) is 15.0. The van der Waals surface area contributed by atoms with Crippen LogP contribution in [0.15, 0.2) is 30.3 Å². The molecule has 0 aliphatic heterocycles. The molecule has 0 amide bonds. The van der Waals surface area contributed by atoms with Crippen molar-refractivity contribution in [3.05, 3.63) is 41.5 Å². The zero-order valence-corrected chi connectivity index (χ0v) is 11.8. The summed E-state index contributed by atoms with van der Waals surface area (Å²) in [4.78, 5) is 11.7. The Bertz CT molecular complexity index is 501. The van der Waals surface area contributed by atoms with Gasteiger partial charge in [0.1, 0.15) is 6.10 Å². The largest absolute Gasteiger partial charge is 0.458 e. The molecule has 0 aliphatic rings. The third-order valence-corrected chi connectivity index (χ3v) is 2.50. The summed E-state index contributed by atoms with van der Waals surface area (Å²) in [5.41, 5.74) is 1.11. The van der Waals surface area contributed by atoms with Crippen LogP contribution in [-0.4, -0.2) is 12.1 Å². The van der Waals surface area contributed by atoms with Crippen LogP contribution in [-0.2, 0) is 9.53 Å². The van der Waals surface area contributed by atoms with E-state index in [0.717, 1.165) is 5.56 Å². The van der Waals surface area contributed by atoms with Gasteiger partial charge in [0.05, 0.1) is 17.0 Å². The number of carbonyl (C=O) groups is 1. The van der Waals surface area contributed by atoms with Crippen molar-refractivity contribution in [1.29, 1.82) is 5.26 Å². The van der Waals surface area contributed by atoms with Crippen molar-refractivity contribution in [2.24, 2.45) is 5.41 Å². The first-order valence-corrected chi connectivity index (χ1v) is 6.22.